The molecular formula is C24H23N5O4S. The summed E-state index contributed by atoms with van der Waals surface area (Å²) < 4.78 is 5.63. The van der Waals surface area contributed by atoms with Crippen molar-refractivity contribution in [3.05, 3.63) is 59.7 Å². The lowest BCUT2D eigenvalue weighted by Gasteiger charge is -2.33. The summed E-state index contributed by atoms with van der Waals surface area (Å²) in [5, 5.41) is 14.6. The highest BCUT2D eigenvalue weighted by molar-refractivity contribution is 7.18. The Morgan fingerprint density at radius 2 is 1.94 bits per heavy atom. The van der Waals surface area contributed by atoms with Crippen molar-refractivity contribution in [2.24, 2.45) is 0 Å². The van der Waals surface area contributed by atoms with Crippen LogP contribution in [0.4, 0.5) is 9.93 Å². The van der Waals surface area contributed by atoms with Gasteiger partial charge in [0.2, 0.25) is 11.0 Å². The van der Waals surface area contributed by atoms with Crippen molar-refractivity contribution in [3.63, 3.8) is 0 Å². The molecule has 1 atom stereocenters. The Kier molecular flexibility index (Phi) is 5.52. The summed E-state index contributed by atoms with van der Waals surface area (Å²) >= 11 is 1.23. The molecular weight excluding hydrogens is 454 g/mol. The van der Waals surface area contributed by atoms with Gasteiger partial charge >= 0.3 is 6.03 Å². The van der Waals surface area contributed by atoms with Gasteiger partial charge in [-0.3, -0.25) is 19.8 Å². The molecule has 1 fully saturated rings. The monoisotopic (exact) mass is 477 g/mol. The number of ether oxygens (including phenoxy) is 1. The quantitative estimate of drug-likeness (QED) is 0.544. The van der Waals surface area contributed by atoms with Crippen molar-refractivity contribution in [3.8, 4) is 16.3 Å². The van der Waals surface area contributed by atoms with E-state index in [1.807, 2.05) is 24.3 Å². The van der Waals surface area contributed by atoms with Gasteiger partial charge < -0.3 is 10.1 Å². The summed E-state index contributed by atoms with van der Waals surface area (Å²) in [6, 6.07) is 14.5. The fourth-order valence-corrected chi connectivity index (χ4v) is 4.98. The number of hydrogen-bond acceptors (Lipinski definition) is 7. The molecule has 1 unspecified atom stereocenters. The second-order valence-corrected chi connectivity index (χ2v) is 9.54. The van der Waals surface area contributed by atoms with Crippen LogP contribution in [-0.4, -0.2) is 46.1 Å². The Morgan fingerprint density at radius 3 is 2.71 bits per heavy atom. The Labute approximate surface area is 200 Å². The molecule has 2 N–H and O–H groups in total. The van der Waals surface area contributed by atoms with E-state index >= 15 is 0 Å². The van der Waals surface area contributed by atoms with Crippen LogP contribution in [0.25, 0.3) is 10.6 Å². The number of benzene rings is 2. The average Bonchev–Trinajstić information content (AvgIpc) is 3.38. The molecule has 1 spiro atoms. The average molecular weight is 478 g/mol. The molecule has 5 rings (SSSR count). The van der Waals surface area contributed by atoms with Crippen LogP contribution >= 0.6 is 11.3 Å². The van der Waals surface area contributed by atoms with Crippen molar-refractivity contribution in [1.82, 2.24) is 20.4 Å². The molecule has 2 aromatic carbocycles. The predicted octanol–water partition coefficient (Wildman–Crippen LogP) is 3.50. The molecule has 0 saturated carbocycles. The number of fused-ring (bicyclic) bond motifs is 2. The zero-order chi connectivity index (χ0) is 23.9. The van der Waals surface area contributed by atoms with Gasteiger partial charge in [-0.15, -0.1) is 10.2 Å². The van der Waals surface area contributed by atoms with Gasteiger partial charge in [0.15, 0.2) is 5.54 Å². The van der Waals surface area contributed by atoms with Crippen LogP contribution in [0.1, 0.15) is 37.3 Å². The first-order valence-corrected chi connectivity index (χ1v) is 11.8. The molecule has 10 heteroatoms. The SMILES string of the molecule is CC(C)c1ccc(-c2nnc(NC(=O)CN3C(=O)NC4(CCOc5ccccc54)C3=O)s2)cc1. The smallest absolute Gasteiger partial charge is 0.325 e. The predicted molar refractivity (Wildman–Crippen MR) is 127 cm³/mol. The number of amides is 4. The first-order chi connectivity index (χ1) is 16.4. The highest BCUT2D eigenvalue weighted by Gasteiger charge is 2.55. The van der Waals surface area contributed by atoms with Crippen molar-refractivity contribution < 1.29 is 19.1 Å². The third kappa shape index (κ3) is 3.79. The number of imide groups is 1. The number of carbonyl (C=O) groups is 3. The van der Waals surface area contributed by atoms with E-state index in [2.05, 4.69) is 34.7 Å². The van der Waals surface area contributed by atoms with Crippen molar-refractivity contribution in [1.29, 1.82) is 0 Å². The van der Waals surface area contributed by atoms with Crippen LogP contribution in [-0.2, 0) is 15.1 Å². The third-order valence-corrected chi connectivity index (χ3v) is 6.94. The lowest BCUT2D eigenvalue weighted by molar-refractivity contribution is -0.135. The van der Waals surface area contributed by atoms with Crippen LogP contribution in [0.2, 0.25) is 0 Å². The number of para-hydroxylation sites is 1. The highest BCUT2D eigenvalue weighted by Crippen LogP contribution is 2.41. The van der Waals surface area contributed by atoms with Gasteiger partial charge in [-0.05, 0) is 17.5 Å². The van der Waals surface area contributed by atoms with Gasteiger partial charge in [-0.1, -0.05) is 67.6 Å². The van der Waals surface area contributed by atoms with Gasteiger partial charge in [0.1, 0.15) is 17.3 Å². The molecule has 3 aromatic rings. The molecule has 9 nitrogen and oxygen atoms in total. The molecule has 34 heavy (non-hydrogen) atoms. The van der Waals surface area contributed by atoms with Gasteiger partial charge in [-0.25, -0.2) is 4.79 Å². The number of nitrogens with zero attached hydrogens (tertiary/aromatic N) is 3. The summed E-state index contributed by atoms with van der Waals surface area (Å²) in [7, 11) is 0. The summed E-state index contributed by atoms with van der Waals surface area (Å²) in [6.45, 7) is 4.12. The van der Waals surface area contributed by atoms with Crippen molar-refractivity contribution in [2.45, 2.75) is 31.7 Å². The minimum atomic E-state index is -1.22. The highest BCUT2D eigenvalue weighted by atomic mass is 32.1. The van der Waals surface area contributed by atoms with Gasteiger partial charge in [0.05, 0.1) is 6.61 Å². The first-order valence-electron chi connectivity index (χ1n) is 11.0. The topological polar surface area (TPSA) is 114 Å². The maximum atomic E-state index is 13.3. The number of nitrogens with one attached hydrogen (secondary N) is 2. The molecule has 1 saturated heterocycles. The first kappa shape index (κ1) is 22.0. The van der Waals surface area contributed by atoms with Gasteiger partial charge in [0.25, 0.3) is 5.91 Å². The second kappa shape index (κ2) is 8.53. The van der Waals surface area contributed by atoms with E-state index in [0.717, 1.165) is 10.5 Å². The van der Waals surface area contributed by atoms with E-state index in [-0.39, 0.29) is 6.61 Å². The standard InChI is InChI=1S/C24H23N5O4S/c1-14(2)15-7-9-16(10-8-15)20-27-28-22(34-20)25-19(30)13-29-21(31)24(26-23(29)32)11-12-33-18-6-4-3-5-17(18)24/h3-10,14H,11-13H2,1-2H3,(H,26,32)(H,25,28,30). The minimum Gasteiger partial charge on any atom is -0.493 e. The molecule has 2 aliphatic rings. The summed E-state index contributed by atoms with van der Waals surface area (Å²) in [6.07, 6.45) is 0.294. The molecule has 3 heterocycles. The Morgan fingerprint density at radius 1 is 1.18 bits per heavy atom. The summed E-state index contributed by atoms with van der Waals surface area (Å²) in [5.74, 6) is -0.0144. The zero-order valence-corrected chi connectivity index (χ0v) is 19.5. The Bertz CT molecular complexity index is 1270. The number of hydrogen-bond donors (Lipinski definition) is 2. The molecule has 1 aromatic heterocycles. The van der Waals surface area contributed by atoms with Crippen molar-refractivity contribution in [2.75, 3.05) is 18.5 Å². The van der Waals surface area contributed by atoms with Crippen LogP contribution in [0, 0.1) is 0 Å². The second-order valence-electron chi connectivity index (χ2n) is 8.56. The lowest BCUT2D eigenvalue weighted by atomic mass is 9.84. The lowest BCUT2D eigenvalue weighted by Crippen LogP contribution is -2.48. The summed E-state index contributed by atoms with van der Waals surface area (Å²) in [5.41, 5.74) is 1.50. The molecule has 0 bridgehead atoms. The largest absolute Gasteiger partial charge is 0.493 e. The third-order valence-electron chi connectivity index (χ3n) is 6.05. The maximum absolute atomic E-state index is 13.3. The fraction of sp³-hybridized carbons (Fsp3) is 0.292. The molecule has 174 valence electrons. The zero-order valence-electron chi connectivity index (χ0n) is 18.7. The molecule has 0 radical (unpaired) electrons. The van der Waals surface area contributed by atoms with Crippen LogP contribution in [0.5, 0.6) is 5.75 Å². The van der Waals surface area contributed by atoms with E-state index in [1.165, 1.54) is 16.9 Å². The van der Waals surface area contributed by atoms with E-state index in [0.29, 0.717) is 33.8 Å². The normalized spacial score (nSPS) is 19.2. The van der Waals surface area contributed by atoms with E-state index in [4.69, 9.17) is 4.74 Å². The van der Waals surface area contributed by atoms with Crippen molar-refractivity contribution >= 4 is 34.3 Å². The van der Waals surface area contributed by atoms with Crippen LogP contribution < -0.4 is 15.4 Å². The molecule has 0 aliphatic carbocycles. The van der Waals surface area contributed by atoms with E-state index in [9.17, 15) is 14.4 Å². The van der Waals surface area contributed by atoms with Gasteiger partial charge in [-0.2, -0.15) is 0 Å². The van der Waals surface area contributed by atoms with E-state index in [1.54, 1.807) is 24.3 Å². The number of rotatable bonds is 5. The number of urea groups is 1. The minimum absolute atomic E-state index is 0.286. The number of aromatic nitrogens is 2. The molecule has 2 aliphatic heterocycles. The van der Waals surface area contributed by atoms with Gasteiger partial charge in [0, 0.05) is 17.5 Å². The van der Waals surface area contributed by atoms with Crippen LogP contribution in [0.15, 0.2) is 48.5 Å². The van der Waals surface area contributed by atoms with Crippen LogP contribution in [0.3, 0.4) is 0 Å². The molecule has 4 amide bonds. The Hall–Kier alpha value is -3.79. The van der Waals surface area contributed by atoms with E-state index < -0.39 is 29.9 Å². The fourth-order valence-electron chi connectivity index (χ4n) is 4.22. The maximum Gasteiger partial charge on any atom is 0.325 e. The number of anilines is 1. The Balaban J connectivity index is 1.28. The summed E-state index contributed by atoms with van der Waals surface area (Å²) in [4.78, 5) is 39.6. The number of carbonyl (C=O) groups excluding carboxylic acids is 3.